The highest BCUT2D eigenvalue weighted by Crippen LogP contribution is 2.38. The van der Waals surface area contributed by atoms with Gasteiger partial charge in [-0.2, -0.15) is 0 Å². The molecule has 100 valence electrons. The summed E-state index contributed by atoms with van der Waals surface area (Å²) in [5, 5.41) is 4.81. The number of carbonyl (C=O) groups is 1. The first-order valence-corrected chi connectivity index (χ1v) is 7.11. The standard InChI is InChI=1S/C16H13NO2S/c1-10(18)13-9-20-16(17-13)15-12-6-4-3-5-11(12)7-8-14(15)19-2/h3-9H,1-2H3. The smallest absolute Gasteiger partial charge is 0.178 e. The van der Waals surface area contributed by atoms with Crippen molar-refractivity contribution in [2.45, 2.75) is 6.92 Å². The Kier molecular flexibility index (Phi) is 3.24. The molecule has 0 amide bonds. The lowest BCUT2D eigenvalue weighted by Gasteiger charge is -2.09. The Morgan fingerprint density at radius 2 is 2.00 bits per heavy atom. The fourth-order valence-corrected chi connectivity index (χ4v) is 3.11. The van der Waals surface area contributed by atoms with Crippen LogP contribution in [0.3, 0.4) is 0 Å². The zero-order chi connectivity index (χ0) is 14.1. The second-order valence-electron chi connectivity index (χ2n) is 4.46. The van der Waals surface area contributed by atoms with Crippen LogP contribution in [0.15, 0.2) is 41.8 Å². The number of benzene rings is 2. The largest absolute Gasteiger partial charge is 0.496 e. The average Bonchev–Trinajstić information content (AvgIpc) is 2.95. The van der Waals surface area contributed by atoms with Crippen molar-refractivity contribution in [2.75, 3.05) is 7.11 Å². The predicted molar refractivity (Wildman–Crippen MR) is 81.6 cm³/mol. The number of aromatic nitrogens is 1. The molecule has 0 fully saturated rings. The normalized spacial score (nSPS) is 10.7. The molecular weight excluding hydrogens is 270 g/mol. The second-order valence-corrected chi connectivity index (χ2v) is 5.32. The molecule has 0 saturated carbocycles. The number of fused-ring (bicyclic) bond motifs is 1. The van der Waals surface area contributed by atoms with Crippen LogP contribution in [0.2, 0.25) is 0 Å². The molecule has 1 aromatic heterocycles. The molecule has 3 rings (SSSR count). The molecule has 0 saturated heterocycles. The minimum Gasteiger partial charge on any atom is -0.496 e. The van der Waals surface area contributed by atoms with Gasteiger partial charge in [0.2, 0.25) is 0 Å². The number of nitrogens with zero attached hydrogens (tertiary/aromatic N) is 1. The third-order valence-corrected chi connectivity index (χ3v) is 4.05. The number of rotatable bonds is 3. The van der Waals surface area contributed by atoms with Crippen LogP contribution in [0, 0.1) is 0 Å². The van der Waals surface area contributed by atoms with E-state index >= 15 is 0 Å². The van der Waals surface area contributed by atoms with Crippen molar-refractivity contribution in [1.29, 1.82) is 0 Å². The van der Waals surface area contributed by atoms with Gasteiger partial charge in [0, 0.05) is 12.3 Å². The average molecular weight is 283 g/mol. The molecule has 0 radical (unpaired) electrons. The van der Waals surface area contributed by atoms with Crippen LogP contribution in [0.4, 0.5) is 0 Å². The van der Waals surface area contributed by atoms with Gasteiger partial charge in [0.05, 0.1) is 12.7 Å². The van der Waals surface area contributed by atoms with Crippen LogP contribution < -0.4 is 4.74 Å². The van der Waals surface area contributed by atoms with Crippen molar-refractivity contribution in [3.05, 3.63) is 47.5 Å². The monoisotopic (exact) mass is 283 g/mol. The SMILES string of the molecule is COc1ccc2ccccc2c1-c1nc(C(C)=O)cs1. The maximum atomic E-state index is 11.4. The summed E-state index contributed by atoms with van der Waals surface area (Å²) in [7, 11) is 1.65. The topological polar surface area (TPSA) is 39.2 Å². The molecule has 0 spiro atoms. The van der Waals surface area contributed by atoms with E-state index < -0.39 is 0 Å². The van der Waals surface area contributed by atoms with Gasteiger partial charge in [-0.1, -0.05) is 30.3 Å². The number of thiazole rings is 1. The Bertz CT molecular complexity index is 792. The number of hydrogen-bond donors (Lipinski definition) is 0. The van der Waals surface area contributed by atoms with E-state index in [9.17, 15) is 4.79 Å². The van der Waals surface area contributed by atoms with Crippen LogP contribution in [-0.4, -0.2) is 17.9 Å². The quantitative estimate of drug-likeness (QED) is 0.677. The zero-order valence-corrected chi connectivity index (χ0v) is 12.0. The van der Waals surface area contributed by atoms with Crippen molar-refractivity contribution >= 4 is 27.9 Å². The highest BCUT2D eigenvalue weighted by Gasteiger charge is 2.15. The summed E-state index contributed by atoms with van der Waals surface area (Å²) in [6.45, 7) is 1.53. The molecule has 0 bridgehead atoms. The van der Waals surface area contributed by atoms with E-state index in [1.165, 1.54) is 18.3 Å². The van der Waals surface area contributed by atoms with Gasteiger partial charge in [-0.3, -0.25) is 4.79 Å². The number of carbonyl (C=O) groups excluding carboxylic acids is 1. The lowest BCUT2D eigenvalue weighted by Crippen LogP contribution is -1.93. The van der Waals surface area contributed by atoms with E-state index in [1.54, 1.807) is 12.5 Å². The summed E-state index contributed by atoms with van der Waals surface area (Å²) in [6.07, 6.45) is 0. The molecule has 0 unspecified atom stereocenters. The second kappa shape index (κ2) is 5.06. The maximum absolute atomic E-state index is 11.4. The van der Waals surface area contributed by atoms with Crippen molar-refractivity contribution in [2.24, 2.45) is 0 Å². The fourth-order valence-electron chi connectivity index (χ4n) is 2.19. The van der Waals surface area contributed by atoms with Crippen molar-refractivity contribution in [1.82, 2.24) is 4.98 Å². The number of ketones is 1. The summed E-state index contributed by atoms with van der Waals surface area (Å²) in [5.41, 5.74) is 1.45. The van der Waals surface area contributed by atoms with Crippen molar-refractivity contribution < 1.29 is 9.53 Å². The lowest BCUT2D eigenvalue weighted by atomic mass is 10.0. The Morgan fingerprint density at radius 1 is 1.20 bits per heavy atom. The molecule has 0 aliphatic heterocycles. The maximum Gasteiger partial charge on any atom is 0.178 e. The van der Waals surface area contributed by atoms with Gasteiger partial charge in [-0.15, -0.1) is 11.3 Å². The Morgan fingerprint density at radius 3 is 2.70 bits per heavy atom. The van der Waals surface area contributed by atoms with Crippen LogP contribution >= 0.6 is 11.3 Å². The summed E-state index contributed by atoms with van der Waals surface area (Å²) in [6, 6.07) is 12.1. The number of ether oxygens (including phenoxy) is 1. The van der Waals surface area contributed by atoms with E-state index in [1.807, 2.05) is 30.3 Å². The van der Waals surface area contributed by atoms with Gasteiger partial charge < -0.3 is 4.74 Å². The molecule has 4 heteroatoms. The first-order chi connectivity index (χ1) is 9.70. The number of Topliss-reactive ketones (excluding diaryl/α,β-unsaturated/α-hetero) is 1. The lowest BCUT2D eigenvalue weighted by molar-refractivity contribution is 0.101. The molecule has 3 nitrogen and oxygen atoms in total. The summed E-state index contributed by atoms with van der Waals surface area (Å²) < 4.78 is 5.46. The van der Waals surface area contributed by atoms with Gasteiger partial charge in [0.1, 0.15) is 16.5 Å². The summed E-state index contributed by atoms with van der Waals surface area (Å²) in [4.78, 5) is 15.8. The molecule has 20 heavy (non-hydrogen) atoms. The summed E-state index contributed by atoms with van der Waals surface area (Å²) >= 11 is 1.46. The Balaban J connectivity index is 2.29. The van der Waals surface area contributed by atoms with Crippen LogP contribution in [0.1, 0.15) is 17.4 Å². The van der Waals surface area contributed by atoms with Gasteiger partial charge in [0.25, 0.3) is 0 Å². The van der Waals surface area contributed by atoms with Crippen LogP contribution in [-0.2, 0) is 0 Å². The van der Waals surface area contributed by atoms with E-state index in [2.05, 4.69) is 11.1 Å². The molecule has 0 N–H and O–H groups in total. The van der Waals surface area contributed by atoms with Crippen LogP contribution in [0.5, 0.6) is 5.75 Å². The van der Waals surface area contributed by atoms with Gasteiger partial charge >= 0.3 is 0 Å². The van der Waals surface area contributed by atoms with Crippen LogP contribution in [0.25, 0.3) is 21.3 Å². The third kappa shape index (κ3) is 2.08. The third-order valence-electron chi connectivity index (χ3n) is 3.19. The van der Waals surface area contributed by atoms with Crippen molar-refractivity contribution in [3.8, 4) is 16.3 Å². The minimum absolute atomic E-state index is 0.0216. The molecule has 3 aromatic rings. The molecule has 1 heterocycles. The first kappa shape index (κ1) is 12.8. The Hall–Kier alpha value is -2.20. The highest BCUT2D eigenvalue weighted by molar-refractivity contribution is 7.13. The highest BCUT2D eigenvalue weighted by atomic mass is 32.1. The van der Waals surface area contributed by atoms with E-state index in [-0.39, 0.29) is 5.78 Å². The molecule has 0 atom stereocenters. The minimum atomic E-state index is -0.0216. The molecule has 0 aliphatic carbocycles. The predicted octanol–water partition coefficient (Wildman–Crippen LogP) is 4.17. The van der Waals surface area contributed by atoms with Gasteiger partial charge in [-0.05, 0) is 16.8 Å². The van der Waals surface area contributed by atoms with Gasteiger partial charge in [-0.25, -0.2) is 4.98 Å². The fraction of sp³-hybridized carbons (Fsp3) is 0.125. The first-order valence-electron chi connectivity index (χ1n) is 6.23. The molecular formula is C16H13NO2S. The molecule has 2 aromatic carbocycles. The van der Waals surface area contributed by atoms with Crippen molar-refractivity contribution in [3.63, 3.8) is 0 Å². The zero-order valence-electron chi connectivity index (χ0n) is 11.2. The van der Waals surface area contributed by atoms with E-state index in [0.717, 1.165) is 27.1 Å². The number of hydrogen-bond acceptors (Lipinski definition) is 4. The van der Waals surface area contributed by atoms with E-state index in [4.69, 9.17) is 4.74 Å². The van der Waals surface area contributed by atoms with Gasteiger partial charge in [0.15, 0.2) is 5.78 Å². The van der Waals surface area contributed by atoms with E-state index in [0.29, 0.717) is 5.69 Å². The summed E-state index contributed by atoms with van der Waals surface area (Å²) in [5.74, 6) is 0.750. The molecule has 0 aliphatic rings. The Labute approximate surface area is 120 Å². The number of methoxy groups -OCH3 is 1.